The fourth-order valence-corrected chi connectivity index (χ4v) is 5.25. The second kappa shape index (κ2) is 10.4. The van der Waals surface area contributed by atoms with Crippen molar-refractivity contribution in [3.8, 4) is 12.1 Å². The smallest absolute Gasteiger partial charge is 0.348 e. The van der Waals surface area contributed by atoms with E-state index in [0.717, 1.165) is 22.4 Å². The van der Waals surface area contributed by atoms with Gasteiger partial charge in [-0.15, -0.1) is 11.3 Å². The zero-order chi connectivity index (χ0) is 24.9. The highest BCUT2D eigenvalue weighted by atomic mass is 32.2. The Hall–Kier alpha value is -4.12. The molecule has 0 unspecified atom stereocenters. The van der Waals surface area contributed by atoms with Gasteiger partial charge in [0.2, 0.25) is 0 Å². The third-order valence-electron chi connectivity index (χ3n) is 4.99. The third-order valence-corrected chi connectivity index (χ3v) is 7.07. The number of nitriles is 2. The van der Waals surface area contributed by atoms with Crippen LogP contribution in [0.5, 0.6) is 0 Å². The number of nitrogens with one attached hydrogen (secondary N) is 1. The average Bonchev–Trinajstić information content (AvgIpc) is 3.54. The van der Waals surface area contributed by atoms with Crippen LogP contribution >= 0.6 is 23.1 Å². The number of furan rings is 1. The van der Waals surface area contributed by atoms with Gasteiger partial charge in [-0.2, -0.15) is 10.5 Å². The molecule has 0 fully saturated rings. The van der Waals surface area contributed by atoms with Gasteiger partial charge in [0, 0.05) is 17.4 Å². The Bertz CT molecular complexity index is 1510. The monoisotopic (exact) mass is 502 g/mol. The molecular formula is C25H18N4O4S2. The fourth-order valence-electron chi connectivity index (χ4n) is 3.33. The molecule has 0 amide bonds. The number of esters is 1. The maximum Gasteiger partial charge on any atom is 0.348 e. The van der Waals surface area contributed by atoms with Crippen LogP contribution in [0.25, 0.3) is 17.1 Å². The van der Waals surface area contributed by atoms with Crippen LogP contribution in [0.1, 0.15) is 38.4 Å². The Morgan fingerprint density at radius 1 is 1.26 bits per heavy atom. The summed E-state index contributed by atoms with van der Waals surface area (Å²) in [5.41, 5.74) is 2.36. The van der Waals surface area contributed by atoms with Gasteiger partial charge in [0.25, 0.3) is 0 Å². The van der Waals surface area contributed by atoms with E-state index in [2.05, 4.69) is 9.97 Å². The van der Waals surface area contributed by atoms with Crippen LogP contribution < -0.4 is 0 Å². The van der Waals surface area contributed by atoms with Gasteiger partial charge in [-0.1, -0.05) is 12.1 Å². The van der Waals surface area contributed by atoms with E-state index in [1.807, 2.05) is 36.4 Å². The van der Waals surface area contributed by atoms with Gasteiger partial charge in [0.1, 0.15) is 22.8 Å². The lowest BCUT2D eigenvalue weighted by Gasteiger charge is -1.99. The standard InChI is InChI=1S/C25H18N4O4S2/c1-3-32-24(31)23-14(2)17(13-27)21(34-23)11-20(30)15(12-26)10-16-8-9-22(33-16)35-25-28-18-6-4-5-7-19(18)29-25/h4-10H,3,11H2,1-2H3,(H,28,29)/b15-10+. The molecule has 4 rings (SSSR count). The van der Waals surface area contributed by atoms with Crippen molar-refractivity contribution in [3.63, 3.8) is 0 Å². The molecule has 0 aliphatic heterocycles. The summed E-state index contributed by atoms with van der Waals surface area (Å²) in [6, 6.07) is 15.0. The average molecular weight is 503 g/mol. The number of ether oxygens (including phenoxy) is 1. The second-order valence-electron chi connectivity index (χ2n) is 7.27. The van der Waals surface area contributed by atoms with Gasteiger partial charge < -0.3 is 14.1 Å². The van der Waals surface area contributed by atoms with Crippen LogP contribution in [-0.4, -0.2) is 28.3 Å². The number of carbonyl (C=O) groups is 2. The van der Waals surface area contributed by atoms with Crippen molar-refractivity contribution in [1.29, 1.82) is 10.5 Å². The number of hydrogen-bond donors (Lipinski definition) is 1. The SMILES string of the molecule is CCOC(=O)c1sc(CC(=O)/C(C#N)=C/c2ccc(Sc3nc4ccccc4[nH]3)o2)c(C#N)c1C. The minimum Gasteiger partial charge on any atom is -0.462 e. The van der Waals surface area contributed by atoms with Crippen molar-refractivity contribution in [3.05, 3.63) is 68.6 Å². The van der Waals surface area contributed by atoms with E-state index in [9.17, 15) is 20.1 Å². The highest BCUT2D eigenvalue weighted by Gasteiger charge is 2.23. The lowest BCUT2D eigenvalue weighted by molar-refractivity contribution is -0.114. The number of Topliss-reactive ketones (excluding diaryl/α,β-unsaturated/α-hetero) is 1. The largest absolute Gasteiger partial charge is 0.462 e. The minimum absolute atomic E-state index is 0.118. The van der Waals surface area contributed by atoms with Crippen LogP contribution in [-0.2, 0) is 16.0 Å². The lowest BCUT2D eigenvalue weighted by Crippen LogP contribution is -2.05. The van der Waals surface area contributed by atoms with E-state index in [-0.39, 0.29) is 29.0 Å². The first kappa shape index (κ1) is 24.0. The molecule has 0 radical (unpaired) electrons. The number of H-pyrrole nitrogens is 1. The lowest BCUT2D eigenvalue weighted by atomic mass is 10.0. The summed E-state index contributed by atoms with van der Waals surface area (Å²) in [6.45, 7) is 3.53. The Morgan fingerprint density at radius 2 is 2.06 bits per heavy atom. The van der Waals surface area contributed by atoms with Crippen molar-refractivity contribution in [2.24, 2.45) is 0 Å². The van der Waals surface area contributed by atoms with Crippen molar-refractivity contribution in [1.82, 2.24) is 9.97 Å². The van der Waals surface area contributed by atoms with Crippen molar-refractivity contribution < 1.29 is 18.7 Å². The number of thiophene rings is 1. The predicted octanol–water partition coefficient (Wildman–Crippen LogP) is 5.44. The normalized spacial score (nSPS) is 11.3. The van der Waals surface area contributed by atoms with E-state index in [1.165, 1.54) is 17.8 Å². The van der Waals surface area contributed by atoms with Crippen LogP contribution in [0.15, 0.2) is 56.6 Å². The number of imidazole rings is 1. The molecule has 0 saturated heterocycles. The topological polar surface area (TPSA) is 133 Å². The molecule has 0 saturated carbocycles. The quantitative estimate of drug-likeness (QED) is 0.191. The van der Waals surface area contributed by atoms with Gasteiger partial charge in [0.05, 0.1) is 28.8 Å². The molecule has 0 aliphatic rings. The highest BCUT2D eigenvalue weighted by molar-refractivity contribution is 7.99. The van der Waals surface area contributed by atoms with Crippen molar-refractivity contribution in [2.45, 2.75) is 30.5 Å². The third kappa shape index (κ3) is 5.19. The summed E-state index contributed by atoms with van der Waals surface area (Å²) >= 11 is 2.32. The summed E-state index contributed by atoms with van der Waals surface area (Å²) in [7, 11) is 0. The molecule has 0 bridgehead atoms. The number of carbonyl (C=O) groups excluding carboxylic acids is 2. The molecule has 1 aromatic carbocycles. The number of aromatic amines is 1. The van der Waals surface area contributed by atoms with Crippen LogP contribution in [0, 0.1) is 29.6 Å². The molecular weight excluding hydrogens is 484 g/mol. The van der Waals surface area contributed by atoms with Crippen LogP contribution in [0.4, 0.5) is 0 Å². The second-order valence-corrected chi connectivity index (χ2v) is 9.37. The number of rotatable bonds is 8. The molecule has 3 heterocycles. The first-order valence-corrected chi connectivity index (χ1v) is 12.1. The van der Waals surface area contributed by atoms with Gasteiger partial charge >= 0.3 is 5.97 Å². The number of aromatic nitrogens is 2. The van der Waals surface area contributed by atoms with Crippen molar-refractivity contribution in [2.75, 3.05) is 6.61 Å². The van der Waals surface area contributed by atoms with Crippen LogP contribution in [0.2, 0.25) is 0 Å². The number of hydrogen-bond acceptors (Lipinski definition) is 9. The van der Waals surface area contributed by atoms with Gasteiger partial charge in [-0.25, -0.2) is 9.78 Å². The van der Waals surface area contributed by atoms with Gasteiger partial charge in [-0.05, 0) is 55.4 Å². The molecule has 0 atom stereocenters. The van der Waals surface area contributed by atoms with E-state index in [1.54, 1.807) is 26.0 Å². The minimum atomic E-state index is -0.536. The summed E-state index contributed by atoms with van der Waals surface area (Å²) in [4.78, 5) is 33.4. The van der Waals surface area contributed by atoms with Gasteiger partial charge in [-0.3, -0.25) is 4.79 Å². The predicted molar refractivity (Wildman–Crippen MR) is 131 cm³/mol. The van der Waals surface area contributed by atoms with Crippen LogP contribution in [0.3, 0.4) is 0 Å². The maximum absolute atomic E-state index is 12.9. The number of nitrogens with zero attached hydrogens (tertiary/aromatic N) is 3. The molecule has 1 N–H and O–H groups in total. The molecule has 35 heavy (non-hydrogen) atoms. The number of ketones is 1. The summed E-state index contributed by atoms with van der Waals surface area (Å²) in [6.07, 6.45) is 1.18. The molecule has 4 aromatic rings. The number of para-hydroxylation sites is 2. The zero-order valence-electron chi connectivity index (χ0n) is 18.7. The van der Waals surface area contributed by atoms with E-state index in [0.29, 0.717) is 26.4 Å². The summed E-state index contributed by atoms with van der Waals surface area (Å²) < 4.78 is 10.8. The van der Waals surface area contributed by atoms with Gasteiger partial charge in [0.15, 0.2) is 16.0 Å². The fraction of sp³-hybridized carbons (Fsp3) is 0.160. The molecule has 0 aliphatic carbocycles. The maximum atomic E-state index is 12.9. The molecule has 0 spiro atoms. The summed E-state index contributed by atoms with van der Waals surface area (Å²) in [5.74, 6) is -0.682. The van der Waals surface area contributed by atoms with E-state index < -0.39 is 11.8 Å². The molecule has 8 nitrogen and oxygen atoms in total. The Balaban J connectivity index is 1.51. The first-order valence-electron chi connectivity index (χ1n) is 10.5. The number of allylic oxidation sites excluding steroid dienone is 1. The Morgan fingerprint density at radius 3 is 2.77 bits per heavy atom. The number of benzene rings is 1. The Kier molecular flexibility index (Phi) is 7.16. The molecule has 3 aromatic heterocycles. The van der Waals surface area contributed by atoms with E-state index >= 15 is 0 Å². The zero-order valence-corrected chi connectivity index (χ0v) is 20.4. The van der Waals surface area contributed by atoms with E-state index in [4.69, 9.17) is 9.15 Å². The summed E-state index contributed by atoms with van der Waals surface area (Å²) in [5, 5.41) is 20.3. The first-order chi connectivity index (χ1) is 16.9. The Labute approximate surface area is 208 Å². The highest BCUT2D eigenvalue weighted by Crippen LogP contribution is 2.31. The molecule has 174 valence electrons. The molecule has 10 heteroatoms. The van der Waals surface area contributed by atoms with Crippen molar-refractivity contribution >= 4 is 52.0 Å². The number of fused-ring (bicyclic) bond motifs is 1.